The van der Waals surface area contributed by atoms with Gasteiger partial charge in [-0.2, -0.15) is 0 Å². The van der Waals surface area contributed by atoms with Crippen LogP contribution in [0.2, 0.25) is 0 Å². The molecule has 0 saturated heterocycles. The first-order valence-corrected chi connectivity index (χ1v) is 3.81. The van der Waals surface area contributed by atoms with Crippen LogP contribution in [0.3, 0.4) is 0 Å². The maximum Gasteiger partial charge on any atom is 1.00 e. The van der Waals surface area contributed by atoms with E-state index >= 15 is 0 Å². The molecule has 15 heavy (non-hydrogen) atoms. The average Bonchev–Trinajstić information content (AvgIpc) is 2.13. The molecule has 0 aromatic heterocycles. The Kier molecular flexibility index (Phi) is 9.60. The number of carboxylic acids is 1. The van der Waals surface area contributed by atoms with Crippen LogP contribution in [-0.2, 0) is 19.1 Å². The molecule has 6 nitrogen and oxygen atoms in total. The van der Waals surface area contributed by atoms with Crippen molar-refractivity contribution in [2.45, 2.75) is 18.9 Å². The molecule has 2 N–H and O–H groups in total. The minimum Gasteiger partial charge on any atom is -0.550 e. The summed E-state index contributed by atoms with van der Waals surface area (Å²) in [5, 5.41) is 10.0. The quantitative estimate of drug-likeness (QED) is 0.216. The number of hydrogen-bond donors (Lipinski definition) is 1. The number of nitrogens with two attached hydrogens (primary N) is 1. The Bertz CT molecular complexity index is 266. The summed E-state index contributed by atoms with van der Waals surface area (Å²) >= 11 is 0. The molecule has 7 heteroatoms. The summed E-state index contributed by atoms with van der Waals surface area (Å²) in [6.07, 6.45) is 0.313. The molecule has 0 spiro atoms. The summed E-state index contributed by atoms with van der Waals surface area (Å²) in [6.45, 7) is 3.08. The molecule has 0 aliphatic heterocycles. The maximum atomic E-state index is 10.9. The Morgan fingerprint density at radius 2 is 2.00 bits per heavy atom. The van der Waals surface area contributed by atoms with Crippen molar-refractivity contribution >= 4 is 17.9 Å². The summed E-state index contributed by atoms with van der Waals surface area (Å²) in [5.74, 6) is -3.21. The van der Waals surface area contributed by atoms with Crippen molar-refractivity contribution in [2.75, 3.05) is 0 Å². The maximum absolute atomic E-state index is 10.9. The third-order valence-corrected chi connectivity index (χ3v) is 1.33. The molecule has 0 aliphatic rings. The van der Waals surface area contributed by atoms with Gasteiger partial charge in [0.15, 0.2) is 0 Å². The molecule has 0 aliphatic carbocycles. The summed E-state index contributed by atoms with van der Waals surface area (Å²) in [6, 6.07) is -1.14. The van der Waals surface area contributed by atoms with Crippen molar-refractivity contribution in [1.29, 1.82) is 0 Å². The van der Waals surface area contributed by atoms with Gasteiger partial charge < -0.3 is 20.4 Å². The van der Waals surface area contributed by atoms with Crippen molar-refractivity contribution in [2.24, 2.45) is 5.73 Å². The zero-order valence-corrected chi connectivity index (χ0v) is 10.4. The Morgan fingerprint density at radius 1 is 1.47 bits per heavy atom. The number of rotatable bonds is 5. The van der Waals surface area contributed by atoms with Gasteiger partial charge in [0, 0.05) is 12.0 Å². The fraction of sp³-hybridized carbons (Fsp3) is 0.375. The van der Waals surface area contributed by atoms with Crippen LogP contribution in [0.25, 0.3) is 0 Å². The fourth-order valence-corrected chi connectivity index (χ4v) is 0.608. The molecule has 0 aromatic carbocycles. The number of esters is 2. The fourth-order valence-electron chi connectivity index (χ4n) is 0.608. The Balaban J connectivity index is 0. The Hall–Kier alpha value is -0.690. The predicted octanol–water partition coefficient (Wildman–Crippen LogP) is -4.90. The summed E-state index contributed by atoms with van der Waals surface area (Å²) in [4.78, 5) is 31.4. The first kappa shape index (κ1) is 16.7. The van der Waals surface area contributed by atoms with Gasteiger partial charge in [0.1, 0.15) is 6.04 Å². The van der Waals surface area contributed by atoms with E-state index in [1.807, 2.05) is 0 Å². The molecule has 0 saturated carbocycles. The van der Waals surface area contributed by atoms with Crippen molar-refractivity contribution in [3.63, 3.8) is 0 Å². The molecule has 0 fully saturated rings. The SMILES string of the molecule is C=CC(=O)OC(=O)[C@@H](N)CCC(=O)[O-].[Na+]. The first-order valence-electron chi connectivity index (χ1n) is 3.81. The van der Waals surface area contributed by atoms with Gasteiger partial charge in [-0.1, -0.05) is 6.58 Å². The van der Waals surface area contributed by atoms with Gasteiger partial charge >= 0.3 is 41.5 Å². The van der Waals surface area contributed by atoms with Gasteiger partial charge in [-0.3, -0.25) is 0 Å². The minimum atomic E-state index is -1.32. The Morgan fingerprint density at radius 3 is 2.40 bits per heavy atom. The Labute approximate surface area is 109 Å². The molecule has 0 radical (unpaired) electrons. The molecule has 1 atom stereocenters. The topological polar surface area (TPSA) is 110 Å². The van der Waals surface area contributed by atoms with Gasteiger partial charge in [-0.05, 0) is 12.8 Å². The van der Waals surface area contributed by atoms with Gasteiger partial charge in [0.25, 0.3) is 0 Å². The summed E-state index contributed by atoms with van der Waals surface area (Å²) in [5.41, 5.74) is 5.22. The van der Waals surface area contributed by atoms with E-state index in [-0.39, 0.29) is 42.4 Å². The van der Waals surface area contributed by atoms with E-state index in [9.17, 15) is 19.5 Å². The zero-order valence-electron chi connectivity index (χ0n) is 8.39. The molecular formula is C8H10NNaO5. The normalized spacial score (nSPS) is 10.7. The van der Waals surface area contributed by atoms with E-state index in [2.05, 4.69) is 11.3 Å². The standard InChI is InChI=1S/C8H11NO5.Na/c1-2-7(12)14-8(13)5(9)3-4-6(10)11;/h2,5H,1,3-4,9H2,(H,10,11);/q;+1/p-1/t5-;/m0./s1. The second kappa shape index (κ2) is 8.60. The van der Waals surface area contributed by atoms with Crippen molar-refractivity contribution in [3.05, 3.63) is 12.7 Å². The van der Waals surface area contributed by atoms with Crippen molar-refractivity contribution in [1.82, 2.24) is 0 Å². The van der Waals surface area contributed by atoms with Crippen LogP contribution in [0, 0.1) is 0 Å². The molecule has 0 aromatic rings. The van der Waals surface area contributed by atoms with E-state index in [1.54, 1.807) is 0 Å². The molecule has 78 valence electrons. The summed E-state index contributed by atoms with van der Waals surface area (Å²) in [7, 11) is 0. The average molecular weight is 223 g/mol. The van der Waals surface area contributed by atoms with Gasteiger partial charge in [0.05, 0.1) is 0 Å². The largest absolute Gasteiger partial charge is 1.00 e. The molecular weight excluding hydrogens is 213 g/mol. The number of carbonyl (C=O) groups is 3. The number of hydrogen-bond acceptors (Lipinski definition) is 6. The van der Waals surface area contributed by atoms with Crippen LogP contribution in [0.15, 0.2) is 12.7 Å². The third-order valence-electron chi connectivity index (χ3n) is 1.33. The van der Waals surface area contributed by atoms with Crippen LogP contribution in [0.1, 0.15) is 12.8 Å². The number of ether oxygens (including phenoxy) is 1. The summed E-state index contributed by atoms with van der Waals surface area (Å²) < 4.78 is 4.16. The number of carboxylic acid groups (broad SMARTS) is 1. The van der Waals surface area contributed by atoms with Crippen molar-refractivity contribution in [3.8, 4) is 0 Å². The van der Waals surface area contributed by atoms with E-state index < -0.39 is 23.9 Å². The van der Waals surface area contributed by atoms with E-state index in [1.165, 1.54) is 0 Å². The van der Waals surface area contributed by atoms with Gasteiger partial charge in [-0.25, -0.2) is 9.59 Å². The second-order valence-corrected chi connectivity index (χ2v) is 2.46. The predicted molar refractivity (Wildman–Crippen MR) is 43.5 cm³/mol. The van der Waals surface area contributed by atoms with Gasteiger partial charge in [0.2, 0.25) is 0 Å². The monoisotopic (exact) mass is 223 g/mol. The smallest absolute Gasteiger partial charge is 0.550 e. The first-order chi connectivity index (χ1) is 6.47. The van der Waals surface area contributed by atoms with Crippen LogP contribution >= 0.6 is 0 Å². The van der Waals surface area contributed by atoms with Crippen LogP contribution in [0.4, 0.5) is 0 Å². The van der Waals surface area contributed by atoms with Crippen LogP contribution < -0.4 is 40.4 Å². The van der Waals surface area contributed by atoms with Gasteiger partial charge in [-0.15, -0.1) is 0 Å². The minimum absolute atomic E-state index is 0. The number of aliphatic carboxylic acids is 1. The molecule has 0 amide bonds. The van der Waals surface area contributed by atoms with E-state index in [0.717, 1.165) is 6.08 Å². The third kappa shape index (κ3) is 8.31. The zero-order chi connectivity index (χ0) is 11.1. The number of carbonyl (C=O) groups excluding carboxylic acids is 3. The molecule has 0 unspecified atom stereocenters. The van der Waals surface area contributed by atoms with Crippen LogP contribution in [-0.4, -0.2) is 23.9 Å². The molecule has 0 rings (SSSR count). The second-order valence-electron chi connectivity index (χ2n) is 2.46. The molecule has 0 heterocycles. The van der Waals surface area contributed by atoms with E-state index in [0.29, 0.717) is 0 Å². The van der Waals surface area contributed by atoms with Crippen molar-refractivity contribution < 1.29 is 53.8 Å². The van der Waals surface area contributed by atoms with E-state index in [4.69, 9.17) is 5.73 Å². The van der Waals surface area contributed by atoms with Crippen LogP contribution in [0.5, 0.6) is 0 Å². The molecule has 0 bridgehead atoms.